The summed E-state index contributed by atoms with van der Waals surface area (Å²) in [6.45, 7) is 0. The van der Waals surface area contributed by atoms with Gasteiger partial charge in [0.2, 0.25) is 0 Å². The summed E-state index contributed by atoms with van der Waals surface area (Å²) < 4.78 is 29.3. The molecule has 1 aromatic heterocycles. The molecule has 17 heavy (non-hydrogen) atoms. The Bertz CT molecular complexity index is 626. The lowest BCUT2D eigenvalue weighted by Crippen LogP contribution is -2.09. The van der Waals surface area contributed by atoms with Gasteiger partial charge in [0.05, 0.1) is 5.52 Å². The second-order valence-electron chi connectivity index (χ2n) is 4.08. The van der Waals surface area contributed by atoms with E-state index in [9.17, 15) is 8.78 Å². The number of benzene rings is 1. The Morgan fingerprint density at radius 1 is 1.41 bits per heavy atom. The number of H-pyrrole nitrogens is 1. The summed E-state index contributed by atoms with van der Waals surface area (Å²) in [4.78, 5) is 2.93. The molecular formula is C11H10F2N2S2. The minimum atomic E-state index is -0.828. The van der Waals surface area contributed by atoms with Gasteiger partial charge < -0.3 is 9.55 Å². The van der Waals surface area contributed by atoms with Crippen LogP contribution >= 0.6 is 24.0 Å². The van der Waals surface area contributed by atoms with Gasteiger partial charge in [0.1, 0.15) is 5.52 Å². The van der Waals surface area contributed by atoms with E-state index < -0.39 is 11.6 Å². The van der Waals surface area contributed by atoms with E-state index in [-0.39, 0.29) is 11.6 Å². The number of hydrogen-bond donors (Lipinski definition) is 1. The van der Waals surface area contributed by atoms with Crippen molar-refractivity contribution >= 4 is 35.0 Å². The van der Waals surface area contributed by atoms with Crippen molar-refractivity contribution in [1.82, 2.24) is 9.55 Å². The fraction of sp³-hybridized carbons (Fsp3) is 0.364. The molecule has 1 saturated heterocycles. The van der Waals surface area contributed by atoms with Crippen LogP contribution in [0.3, 0.4) is 0 Å². The van der Waals surface area contributed by atoms with E-state index in [1.807, 2.05) is 11.8 Å². The van der Waals surface area contributed by atoms with Crippen molar-refractivity contribution in [3.63, 3.8) is 0 Å². The summed E-state index contributed by atoms with van der Waals surface area (Å²) in [5, 5.41) is 0. The Morgan fingerprint density at radius 3 is 2.94 bits per heavy atom. The minimum Gasteiger partial charge on any atom is -0.330 e. The van der Waals surface area contributed by atoms with E-state index in [0.29, 0.717) is 10.3 Å². The molecule has 90 valence electrons. The van der Waals surface area contributed by atoms with Crippen LogP contribution in [0.2, 0.25) is 0 Å². The summed E-state index contributed by atoms with van der Waals surface area (Å²) in [6, 6.07) is 2.82. The van der Waals surface area contributed by atoms with Crippen LogP contribution in [0, 0.1) is 16.4 Å². The Morgan fingerprint density at radius 2 is 2.24 bits per heavy atom. The SMILES string of the molecule is Fc1ccc2[nH]c(=S)n(C3CCSC3)c2c1F. The molecule has 1 aliphatic heterocycles. The number of hydrogen-bond acceptors (Lipinski definition) is 2. The standard InChI is InChI=1S/C11H10F2N2S2/c12-7-1-2-8-10(9(7)13)15(11(16)14-8)6-3-4-17-5-6/h1-2,6H,3-5H2,(H,14,16). The lowest BCUT2D eigenvalue weighted by atomic mass is 10.2. The number of fused-ring (bicyclic) bond motifs is 1. The van der Waals surface area contributed by atoms with Crippen LogP contribution in [0.15, 0.2) is 12.1 Å². The van der Waals surface area contributed by atoms with Gasteiger partial charge in [0, 0.05) is 11.8 Å². The average molecular weight is 272 g/mol. The topological polar surface area (TPSA) is 20.7 Å². The maximum Gasteiger partial charge on any atom is 0.184 e. The van der Waals surface area contributed by atoms with Crippen LogP contribution in [-0.2, 0) is 0 Å². The number of thioether (sulfide) groups is 1. The molecule has 0 bridgehead atoms. The molecule has 3 rings (SSSR count). The first-order valence-corrected chi connectivity index (χ1v) is 6.90. The van der Waals surface area contributed by atoms with Crippen molar-refractivity contribution < 1.29 is 8.78 Å². The van der Waals surface area contributed by atoms with E-state index in [0.717, 1.165) is 24.0 Å². The number of rotatable bonds is 1. The third-order valence-corrected chi connectivity index (χ3v) is 4.48. The van der Waals surface area contributed by atoms with Gasteiger partial charge in [0.15, 0.2) is 16.4 Å². The Hall–Kier alpha value is -0.880. The predicted molar refractivity (Wildman–Crippen MR) is 68.0 cm³/mol. The van der Waals surface area contributed by atoms with Gasteiger partial charge in [0.25, 0.3) is 0 Å². The van der Waals surface area contributed by atoms with Gasteiger partial charge in [-0.2, -0.15) is 11.8 Å². The second kappa shape index (κ2) is 4.10. The van der Waals surface area contributed by atoms with Gasteiger partial charge in [-0.1, -0.05) is 0 Å². The fourth-order valence-electron chi connectivity index (χ4n) is 2.23. The van der Waals surface area contributed by atoms with Gasteiger partial charge in [-0.15, -0.1) is 0 Å². The van der Waals surface area contributed by atoms with Crippen LogP contribution in [0.4, 0.5) is 8.78 Å². The molecule has 1 fully saturated rings. The summed E-state index contributed by atoms with van der Waals surface area (Å²) >= 11 is 7.01. The number of aromatic nitrogens is 2. The number of halogens is 2. The minimum absolute atomic E-state index is 0.164. The molecule has 6 heteroatoms. The molecule has 1 N–H and O–H groups in total. The number of aromatic amines is 1. The van der Waals surface area contributed by atoms with Gasteiger partial charge >= 0.3 is 0 Å². The summed E-state index contributed by atoms with van der Waals surface area (Å²) in [5.74, 6) is 0.297. The van der Waals surface area contributed by atoms with E-state index in [2.05, 4.69) is 4.98 Å². The Kier molecular flexibility index (Phi) is 2.71. The lowest BCUT2D eigenvalue weighted by molar-refractivity contribution is 0.501. The van der Waals surface area contributed by atoms with Crippen molar-refractivity contribution in [1.29, 1.82) is 0 Å². The second-order valence-corrected chi connectivity index (χ2v) is 5.61. The molecular weight excluding hydrogens is 262 g/mol. The van der Waals surface area contributed by atoms with Crippen LogP contribution < -0.4 is 0 Å². The third-order valence-electron chi connectivity index (χ3n) is 3.04. The molecule has 1 aliphatic rings. The van der Waals surface area contributed by atoms with Gasteiger partial charge in [-0.05, 0) is 36.5 Å². The summed E-state index contributed by atoms with van der Waals surface area (Å²) in [6.07, 6.45) is 0.946. The molecule has 0 spiro atoms. The van der Waals surface area contributed by atoms with Crippen molar-refractivity contribution in [2.45, 2.75) is 12.5 Å². The van der Waals surface area contributed by atoms with Crippen LogP contribution in [0.25, 0.3) is 11.0 Å². The summed E-state index contributed by atoms with van der Waals surface area (Å²) in [7, 11) is 0. The number of nitrogens with zero attached hydrogens (tertiary/aromatic N) is 1. The maximum atomic E-state index is 13.9. The van der Waals surface area contributed by atoms with E-state index in [1.165, 1.54) is 6.07 Å². The zero-order valence-corrected chi connectivity index (χ0v) is 10.5. The first-order valence-electron chi connectivity index (χ1n) is 5.34. The summed E-state index contributed by atoms with van der Waals surface area (Å²) in [5.41, 5.74) is 0.827. The fourth-order valence-corrected chi connectivity index (χ4v) is 3.77. The van der Waals surface area contributed by atoms with Crippen molar-refractivity contribution in [2.24, 2.45) is 0 Å². The molecule has 0 saturated carbocycles. The number of imidazole rings is 1. The smallest absolute Gasteiger partial charge is 0.184 e. The largest absolute Gasteiger partial charge is 0.330 e. The third kappa shape index (κ3) is 1.70. The highest BCUT2D eigenvalue weighted by molar-refractivity contribution is 7.99. The van der Waals surface area contributed by atoms with E-state index >= 15 is 0 Å². The van der Waals surface area contributed by atoms with E-state index in [1.54, 1.807) is 4.57 Å². The molecule has 0 aliphatic carbocycles. The maximum absolute atomic E-state index is 13.9. The van der Waals surface area contributed by atoms with Crippen molar-refractivity contribution in [3.05, 3.63) is 28.5 Å². The van der Waals surface area contributed by atoms with E-state index in [4.69, 9.17) is 12.2 Å². The average Bonchev–Trinajstić information content (AvgIpc) is 2.90. The molecule has 1 aromatic carbocycles. The lowest BCUT2D eigenvalue weighted by Gasteiger charge is -2.12. The van der Waals surface area contributed by atoms with Crippen LogP contribution in [0.5, 0.6) is 0 Å². The van der Waals surface area contributed by atoms with Crippen LogP contribution in [-0.4, -0.2) is 21.1 Å². The molecule has 0 amide bonds. The molecule has 1 unspecified atom stereocenters. The molecule has 2 aromatic rings. The van der Waals surface area contributed by atoms with Crippen LogP contribution in [0.1, 0.15) is 12.5 Å². The predicted octanol–water partition coefficient (Wildman–Crippen LogP) is 3.66. The molecule has 1 atom stereocenters. The first-order chi connectivity index (χ1) is 8.18. The molecule has 2 nitrogen and oxygen atoms in total. The quantitative estimate of drug-likeness (QED) is 0.800. The zero-order chi connectivity index (χ0) is 12.0. The molecule has 0 radical (unpaired) electrons. The van der Waals surface area contributed by atoms with Crippen molar-refractivity contribution in [3.8, 4) is 0 Å². The van der Waals surface area contributed by atoms with Gasteiger partial charge in [-0.3, -0.25) is 0 Å². The molecule has 2 heterocycles. The Balaban J connectivity index is 2.32. The van der Waals surface area contributed by atoms with Gasteiger partial charge in [-0.25, -0.2) is 8.78 Å². The highest BCUT2D eigenvalue weighted by Crippen LogP contribution is 2.32. The monoisotopic (exact) mass is 272 g/mol. The van der Waals surface area contributed by atoms with Crippen molar-refractivity contribution in [2.75, 3.05) is 11.5 Å². The first kappa shape index (κ1) is 11.2. The zero-order valence-electron chi connectivity index (χ0n) is 8.87. The highest BCUT2D eigenvalue weighted by atomic mass is 32.2. The normalized spacial score (nSPS) is 20.2. The highest BCUT2D eigenvalue weighted by Gasteiger charge is 2.23. The number of nitrogens with one attached hydrogen (secondary N) is 1. The Labute approximate surface area is 106 Å².